The molecule has 0 aliphatic carbocycles. The van der Waals surface area contributed by atoms with Crippen LogP contribution in [0.1, 0.15) is 57.9 Å². The van der Waals surface area contributed by atoms with E-state index in [1.807, 2.05) is 0 Å². The molecule has 4 heteroatoms. The van der Waals surface area contributed by atoms with Crippen molar-refractivity contribution in [2.45, 2.75) is 58.5 Å². The van der Waals surface area contributed by atoms with Crippen LogP contribution in [0.3, 0.4) is 0 Å². The SMILES string of the molecule is CC(/C=C\C(C)C(C)c1ccc(OCCN2CCCC2)cc1)OCCN1CCCC1. The lowest BCUT2D eigenvalue weighted by Gasteiger charge is -2.19. The van der Waals surface area contributed by atoms with E-state index in [4.69, 9.17) is 9.47 Å². The van der Waals surface area contributed by atoms with Gasteiger partial charge in [0.05, 0.1) is 12.7 Å². The second-order valence-electron chi connectivity index (χ2n) is 9.12. The minimum absolute atomic E-state index is 0.175. The van der Waals surface area contributed by atoms with Gasteiger partial charge in [0.25, 0.3) is 0 Å². The minimum atomic E-state index is 0.175. The van der Waals surface area contributed by atoms with Crippen molar-refractivity contribution in [1.29, 1.82) is 0 Å². The lowest BCUT2D eigenvalue weighted by atomic mass is 9.88. The fourth-order valence-corrected chi connectivity index (χ4v) is 4.40. The number of nitrogens with zero attached hydrogens (tertiary/aromatic N) is 2. The van der Waals surface area contributed by atoms with E-state index >= 15 is 0 Å². The van der Waals surface area contributed by atoms with Gasteiger partial charge < -0.3 is 14.4 Å². The number of allylic oxidation sites excluding steroid dienone is 1. The van der Waals surface area contributed by atoms with Crippen LogP contribution in [0, 0.1) is 5.92 Å². The molecule has 2 aliphatic heterocycles. The zero-order chi connectivity index (χ0) is 21.2. The smallest absolute Gasteiger partial charge is 0.119 e. The first kappa shape index (κ1) is 23.3. The number of likely N-dealkylation sites (tertiary alicyclic amines) is 2. The standard InChI is InChI=1S/C26H42N2O2/c1-22(8-9-23(2)29-20-18-27-14-4-5-15-27)24(3)25-10-12-26(13-11-25)30-21-19-28-16-6-7-17-28/h8-13,22-24H,4-7,14-21H2,1-3H3/b9-8-. The Morgan fingerprint density at radius 1 is 0.800 bits per heavy atom. The summed E-state index contributed by atoms with van der Waals surface area (Å²) in [6.45, 7) is 15.4. The molecule has 168 valence electrons. The Hall–Kier alpha value is -1.36. The topological polar surface area (TPSA) is 24.9 Å². The molecule has 0 radical (unpaired) electrons. The van der Waals surface area contributed by atoms with Gasteiger partial charge in [-0.3, -0.25) is 4.90 Å². The molecular weight excluding hydrogens is 372 g/mol. The highest BCUT2D eigenvalue weighted by Crippen LogP contribution is 2.27. The van der Waals surface area contributed by atoms with Crippen LogP contribution < -0.4 is 4.74 Å². The van der Waals surface area contributed by atoms with Crippen LogP contribution in [0.4, 0.5) is 0 Å². The van der Waals surface area contributed by atoms with Crippen LogP contribution >= 0.6 is 0 Å². The summed E-state index contributed by atoms with van der Waals surface area (Å²) >= 11 is 0. The van der Waals surface area contributed by atoms with E-state index in [0.717, 1.165) is 32.1 Å². The van der Waals surface area contributed by atoms with Gasteiger partial charge in [-0.2, -0.15) is 0 Å². The minimum Gasteiger partial charge on any atom is -0.492 e. The molecule has 2 saturated heterocycles. The van der Waals surface area contributed by atoms with E-state index in [1.54, 1.807) is 0 Å². The fourth-order valence-electron chi connectivity index (χ4n) is 4.40. The molecule has 3 unspecified atom stereocenters. The highest BCUT2D eigenvalue weighted by molar-refractivity contribution is 5.30. The second kappa shape index (κ2) is 12.5. The largest absolute Gasteiger partial charge is 0.492 e. The average molecular weight is 415 g/mol. The Balaban J connectivity index is 1.36. The molecule has 0 N–H and O–H groups in total. The van der Waals surface area contributed by atoms with E-state index in [-0.39, 0.29) is 6.10 Å². The summed E-state index contributed by atoms with van der Waals surface area (Å²) in [6, 6.07) is 8.68. The van der Waals surface area contributed by atoms with E-state index in [9.17, 15) is 0 Å². The molecule has 0 saturated carbocycles. The van der Waals surface area contributed by atoms with Gasteiger partial charge in [-0.15, -0.1) is 0 Å². The molecular formula is C26H42N2O2. The summed E-state index contributed by atoms with van der Waals surface area (Å²) in [7, 11) is 0. The van der Waals surface area contributed by atoms with Gasteiger partial charge in [0.2, 0.25) is 0 Å². The van der Waals surface area contributed by atoms with Crippen molar-refractivity contribution < 1.29 is 9.47 Å². The monoisotopic (exact) mass is 414 g/mol. The molecule has 3 atom stereocenters. The first-order valence-corrected chi connectivity index (χ1v) is 12.1. The lowest BCUT2D eigenvalue weighted by Crippen LogP contribution is -2.25. The predicted molar refractivity (Wildman–Crippen MR) is 125 cm³/mol. The van der Waals surface area contributed by atoms with Crippen LogP contribution in [0.5, 0.6) is 5.75 Å². The van der Waals surface area contributed by atoms with Gasteiger partial charge in [-0.05, 0) is 88.3 Å². The molecule has 2 heterocycles. The fraction of sp³-hybridized carbons (Fsp3) is 0.692. The quantitative estimate of drug-likeness (QED) is 0.452. The summed E-state index contributed by atoms with van der Waals surface area (Å²) in [5.74, 6) is 1.92. The summed E-state index contributed by atoms with van der Waals surface area (Å²) in [4.78, 5) is 4.99. The van der Waals surface area contributed by atoms with Crippen LogP contribution in [0.25, 0.3) is 0 Å². The van der Waals surface area contributed by atoms with Crippen LogP contribution in [0.15, 0.2) is 36.4 Å². The maximum absolute atomic E-state index is 5.98. The molecule has 30 heavy (non-hydrogen) atoms. The van der Waals surface area contributed by atoms with E-state index < -0.39 is 0 Å². The zero-order valence-corrected chi connectivity index (χ0v) is 19.4. The van der Waals surface area contributed by atoms with Crippen molar-refractivity contribution in [3.8, 4) is 5.75 Å². The summed E-state index contributed by atoms with van der Waals surface area (Å²) in [5, 5.41) is 0. The maximum atomic E-state index is 5.98. The highest BCUT2D eigenvalue weighted by Gasteiger charge is 2.14. The van der Waals surface area contributed by atoms with E-state index in [1.165, 1.54) is 57.4 Å². The molecule has 2 fully saturated rings. The third-order valence-corrected chi connectivity index (χ3v) is 6.74. The summed E-state index contributed by atoms with van der Waals surface area (Å²) in [5.41, 5.74) is 1.36. The third-order valence-electron chi connectivity index (χ3n) is 6.74. The van der Waals surface area contributed by atoms with Crippen molar-refractivity contribution in [3.05, 3.63) is 42.0 Å². The molecule has 0 bridgehead atoms. The van der Waals surface area contributed by atoms with Gasteiger partial charge >= 0.3 is 0 Å². The lowest BCUT2D eigenvalue weighted by molar-refractivity contribution is 0.0794. The van der Waals surface area contributed by atoms with E-state index in [2.05, 4.69) is 67.0 Å². The highest BCUT2D eigenvalue weighted by atomic mass is 16.5. The van der Waals surface area contributed by atoms with Gasteiger partial charge in [0.15, 0.2) is 0 Å². The number of ether oxygens (including phenoxy) is 2. The Labute approximate surface area is 184 Å². The Morgan fingerprint density at radius 3 is 1.97 bits per heavy atom. The van der Waals surface area contributed by atoms with Crippen molar-refractivity contribution >= 4 is 0 Å². The van der Waals surface area contributed by atoms with Crippen LogP contribution in [0.2, 0.25) is 0 Å². The second-order valence-corrected chi connectivity index (χ2v) is 9.12. The average Bonchev–Trinajstić information content (AvgIpc) is 3.46. The Kier molecular flexibility index (Phi) is 9.70. The summed E-state index contributed by atoms with van der Waals surface area (Å²) in [6.07, 6.45) is 10.1. The normalized spacial score (nSPS) is 21.3. The van der Waals surface area contributed by atoms with Crippen molar-refractivity contribution in [2.24, 2.45) is 5.92 Å². The zero-order valence-electron chi connectivity index (χ0n) is 19.4. The summed E-state index contributed by atoms with van der Waals surface area (Å²) < 4.78 is 11.9. The predicted octanol–water partition coefficient (Wildman–Crippen LogP) is 4.96. The first-order valence-electron chi connectivity index (χ1n) is 12.1. The number of hydrogen-bond donors (Lipinski definition) is 0. The maximum Gasteiger partial charge on any atom is 0.119 e. The third kappa shape index (κ3) is 7.72. The molecule has 4 nitrogen and oxygen atoms in total. The Bertz CT molecular complexity index is 618. The molecule has 3 rings (SSSR count). The number of benzene rings is 1. The van der Waals surface area contributed by atoms with E-state index in [0.29, 0.717) is 11.8 Å². The van der Waals surface area contributed by atoms with Crippen molar-refractivity contribution in [3.63, 3.8) is 0 Å². The molecule has 0 aromatic heterocycles. The van der Waals surface area contributed by atoms with Crippen molar-refractivity contribution in [1.82, 2.24) is 9.80 Å². The number of hydrogen-bond acceptors (Lipinski definition) is 4. The van der Waals surface area contributed by atoms with Crippen molar-refractivity contribution in [2.75, 3.05) is 52.5 Å². The first-order chi connectivity index (χ1) is 14.6. The van der Waals surface area contributed by atoms with Crippen LogP contribution in [-0.4, -0.2) is 68.4 Å². The molecule has 0 amide bonds. The van der Waals surface area contributed by atoms with Gasteiger partial charge in [-0.25, -0.2) is 0 Å². The van der Waals surface area contributed by atoms with Gasteiger partial charge in [-0.1, -0.05) is 38.1 Å². The molecule has 2 aliphatic rings. The number of rotatable bonds is 12. The van der Waals surface area contributed by atoms with Gasteiger partial charge in [0.1, 0.15) is 12.4 Å². The Morgan fingerprint density at radius 2 is 1.37 bits per heavy atom. The van der Waals surface area contributed by atoms with Gasteiger partial charge in [0, 0.05) is 13.1 Å². The molecule has 0 spiro atoms. The van der Waals surface area contributed by atoms with Crippen LogP contribution in [-0.2, 0) is 4.74 Å². The molecule has 1 aromatic rings. The molecule has 1 aromatic carbocycles.